The Balaban J connectivity index is 1.87. The lowest BCUT2D eigenvalue weighted by atomic mass is 10.1. The monoisotopic (exact) mass is 325 g/mol. The number of para-hydroxylation sites is 1. The van der Waals surface area contributed by atoms with Crippen molar-refractivity contribution in [2.45, 2.75) is 20.0 Å². The summed E-state index contributed by atoms with van der Waals surface area (Å²) in [5.74, 6) is 0.220. The number of amides is 1. The fourth-order valence-corrected chi connectivity index (χ4v) is 2.85. The summed E-state index contributed by atoms with van der Waals surface area (Å²) in [6, 6.07) is 11.8. The van der Waals surface area contributed by atoms with Crippen LogP contribution in [0.5, 0.6) is 0 Å². The van der Waals surface area contributed by atoms with Crippen molar-refractivity contribution in [2.24, 2.45) is 7.05 Å². The average molecular weight is 325 g/mol. The van der Waals surface area contributed by atoms with Gasteiger partial charge in [-0.25, -0.2) is 0 Å². The molecule has 0 saturated carbocycles. The summed E-state index contributed by atoms with van der Waals surface area (Å²) in [6.07, 6.45) is 0. The Morgan fingerprint density at radius 3 is 2.62 bits per heavy atom. The van der Waals surface area contributed by atoms with Crippen LogP contribution in [0.25, 0.3) is 11.0 Å². The number of aromatic nitrogens is 1. The van der Waals surface area contributed by atoms with E-state index in [0.29, 0.717) is 18.8 Å². The lowest BCUT2D eigenvalue weighted by Crippen LogP contribution is -2.25. The second-order valence-electron chi connectivity index (χ2n) is 6.35. The Hall–Kier alpha value is -2.53. The molecule has 0 atom stereocenters. The molecule has 0 aliphatic carbocycles. The van der Waals surface area contributed by atoms with E-state index in [1.807, 2.05) is 69.4 Å². The zero-order chi connectivity index (χ0) is 17.3. The molecule has 0 saturated heterocycles. The number of hydrogen-bond donors (Lipinski definition) is 1. The minimum absolute atomic E-state index is 0.179. The zero-order valence-corrected chi connectivity index (χ0v) is 14.6. The van der Waals surface area contributed by atoms with Crippen LogP contribution in [-0.2, 0) is 20.1 Å². The highest BCUT2D eigenvalue weighted by atomic mass is 16.3. The van der Waals surface area contributed by atoms with Gasteiger partial charge in [0, 0.05) is 35.9 Å². The van der Waals surface area contributed by atoms with E-state index in [2.05, 4.69) is 9.88 Å². The van der Waals surface area contributed by atoms with Gasteiger partial charge >= 0.3 is 0 Å². The molecule has 0 aliphatic heterocycles. The molecule has 0 fully saturated rings. The van der Waals surface area contributed by atoms with Crippen LogP contribution >= 0.6 is 0 Å². The standard InChI is InChI=1S/C19H23N3O2/c1-13-9-10-14(22(13)4)11-20-19(23)18-16(12-21(2)3)15-7-5-6-8-17(15)24-18/h5-10H,11-12H2,1-4H3,(H,20,23). The molecule has 1 N–H and O–H groups in total. The van der Waals surface area contributed by atoms with Crippen LogP contribution in [0.3, 0.4) is 0 Å². The van der Waals surface area contributed by atoms with Crippen LogP contribution < -0.4 is 5.32 Å². The Morgan fingerprint density at radius 1 is 1.21 bits per heavy atom. The number of fused-ring (bicyclic) bond motifs is 1. The molecule has 0 spiro atoms. The first-order valence-corrected chi connectivity index (χ1v) is 8.02. The molecule has 0 unspecified atom stereocenters. The van der Waals surface area contributed by atoms with Crippen molar-refractivity contribution < 1.29 is 9.21 Å². The van der Waals surface area contributed by atoms with Gasteiger partial charge in [-0.3, -0.25) is 4.79 Å². The molecule has 3 aromatic rings. The van der Waals surface area contributed by atoms with Gasteiger partial charge in [0.25, 0.3) is 5.91 Å². The Bertz CT molecular complexity index is 874. The van der Waals surface area contributed by atoms with Crippen molar-refractivity contribution in [3.63, 3.8) is 0 Å². The number of benzene rings is 1. The number of nitrogens with zero attached hydrogens (tertiary/aromatic N) is 2. The summed E-state index contributed by atoms with van der Waals surface area (Å²) in [7, 11) is 5.96. The molecule has 5 nitrogen and oxygen atoms in total. The van der Waals surface area contributed by atoms with Crippen LogP contribution in [0.2, 0.25) is 0 Å². The summed E-state index contributed by atoms with van der Waals surface area (Å²) in [4.78, 5) is 14.7. The van der Waals surface area contributed by atoms with Crippen LogP contribution in [0.15, 0.2) is 40.8 Å². The van der Waals surface area contributed by atoms with Gasteiger partial charge in [-0.05, 0) is 39.2 Å². The quantitative estimate of drug-likeness (QED) is 0.784. The number of carbonyl (C=O) groups excluding carboxylic acids is 1. The van der Waals surface area contributed by atoms with E-state index < -0.39 is 0 Å². The lowest BCUT2D eigenvalue weighted by Gasteiger charge is -2.11. The molecule has 126 valence electrons. The van der Waals surface area contributed by atoms with Crippen molar-refractivity contribution >= 4 is 16.9 Å². The highest BCUT2D eigenvalue weighted by molar-refractivity contribution is 5.99. The van der Waals surface area contributed by atoms with Crippen molar-refractivity contribution in [2.75, 3.05) is 14.1 Å². The smallest absolute Gasteiger partial charge is 0.287 e. The van der Waals surface area contributed by atoms with E-state index in [1.165, 1.54) is 0 Å². The van der Waals surface area contributed by atoms with Crippen molar-refractivity contribution in [1.29, 1.82) is 0 Å². The summed E-state index contributed by atoms with van der Waals surface area (Å²) in [5, 5.41) is 3.96. The van der Waals surface area contributed by atoms with Crippen LogP contribution in [0, 0.1) is 6.92 Å². The van der Waals surface area contributed by atoms with Crippen molar-refractivity contribution in [1.82, 2.24) is 14.8 Å². The molecule has 0 radical (unpaired) electrons. The Morgan fingerprint density at radius 2 is 1.96 bits per heavy atom. The van der Waals surface area contributed by atoms with Gasteiger partial charge in [0.05, 0.1) is 6.54 Å². The first kappa shape index (κ1) is 16.3. The zero-order valence-electron chi connectivity index (χ0n) is 14.6. The summed E-state index contributed by atoms with van der Waals surface area (Å²) in [5.41, 5.74) is 3.90. The third-order valence-electron chi connectivity index (χ3n) is 4.29. The van der Waals surface area contributed by atoms with Crippen LogP contribution in [0.4, 0.5) is 0 Å². The van der Waals surface area contributed by atoms with Crippen LogP contribution in [-0.4, -0.2) is 29.5 Å². The molecular formula is C19H23N3O2. The van der Waals surface area contributed by atoms with E-state index >= 15 is 0 Å². The summed E-state index contributed by atoms with van der Waals surface area (Å²) < 4.78 is 7.91. The van der Waals surface area contributed by atoms with E-state index in [0.717, 1.165) is 27.9 Å². The third-order valence-corrected chi connectivity index (χ3v) is 4.29. The van der Waals surface area contributed by atoms with E-state index in [1.54, 1.807) is 0 Å². The summed E-state index contributed by atoms with van der Waals surface area (Å²) in [6.45, 7) is 3.17. The first-order valence-electron chi connectivity index (χ1n) is 8.02. The Labute approximate surface area is 141 Å². The van der Waals surface area contributed by atoms with Gasteiger partial charge in [0.2, 0.25) is 0 Å². The van der Waals surface area contributed by atoms with Gasteiger partial charge in [-0.15, -0.1) is 0 Å². The fourth-order valence-electron chi connectivity index (χ4n) is 2.85. The largest absolute Gasteiger partial charge is 0.451 e. The third kappa shape index (κ3) is 3.08. The molecule has 1 aromatic carbocycles. The molecule has 1 amide bonds. The maximum Gasteiger partial charge on any atom is 0.287 e. The number of carbonyl (C=O) groups is 1. The molecule has 2 aromatic heterocycles. The fraction of sp³-hybridized carbons (Fsp3) is 0.316. The molecule has 0 aliphatic rings. The molecule has 3 rings (SSSR count). The SMILES string of the molecule is Cc1ccc(CNC(=O)c2oc3ccccc3c2CN(C)C)n1C. The topological polar surface area (TPSA) is 50.4 Å². The van der Waals surface area contributed by atoms with Crippen molar-refractivity contribution in [3.8, 4) is 0 Å². The molecule has 2 heterocycles. The maximum atomic E-state index is 12.7. The van der Waals surface area contributed by atoms with E-state index in [4.69, 9.17) is 4.42 Å². The summed E-state index contributed by atoms with van der Waals surface area (Å²) >= 11 is 0. The van der Waals surface area contributed by atoms with Crippen molar-refractivity contribution in [3.05, 3.63) is 59.1 Å². The number of rotatable bonds is 5. The highest BCUT2D eigenvalue weighted by Crippen LogP contribution is 2.26. The molecule has 5 heteroatoms. The molecular weight excluding hydrogens is 302 g/mol. The maximum absolute atomic E-state index is 12.7. The van der Waals surface area contributed by atoms with Crippen LogP contribution in [0.1, 0.15) is 27.5 Å². The number of nitrogens with one attached hydrogen (secondary N) is 1. The molecule has 0 bridgehead atoms. The first-order chi connectivity index (χ1) is 11.5. The Kier molecular flexibility index (Phi) is 4.44. The number of furan rings is 1. The second kappa shape index (κ2) is 6.53. The number of aryl methyl sites for hydroxylation is 1. The van der Waals surface area contributed by atoms with E-state index in [9.17, 15) is 4.79 Å². The minimum atomic E-state index is -0.179. The van der Waals surface area contributed by atoms with Gasteiger partial charge < -0.3 is 19.2 Å². The predicted molar refractivity (Wildman–Crippen MR) is 94.9 cm³/mol. The normalized spacial score (nSPS) is 11.4. The van der Waals surface area contributed by atoms with Gasteiger partial charge in [0.1, 0.15) is 5.58 Å². The second-order valence-corrected chi connectivity index (χ2v) is 6.35. The average Bonchev–Trinajstić information content (AvgIpc) is 3.07. The van der Waals surface area contributed by atoms with Gasteiger partial charge in [0.15, 0.2) is 5.76 Å². The van der Waals surface area contributed by atoms with E-state index in [-0.39, 0.29) is 5.91 Å². The predicted octanol–water partition coefficient (Wildman–Crippen LogP) is 3.07. The van der Waals surface area contributed by atoms with Gasteiger partial charge in [-0.2, -0.15) is 0 Å². The lowest BCUT2D eigenvalue weighted by molar-refractivity contribution is 0.0922. The van der Waals surface area contributed by atoms with Gasteiger partial charge in [-0.1, -0.05) is 18.2 Å². The number of hydrogen-bond acceptors (Lipinski definition) is 3. The minimum Gasteiger partial charge on any atom is -0.451 e. The molecule has 24 heavy (non-hydrogen) atoms. The highest BCUT2D eigenvalue weighted by Gasteiger charge is 2.20.